The van der Waals surface area contributed by atoms with Crippen molar-refractivity contribution in [3.8, 4) is 6.07 Å². The highest BCUT2D eigenvalue weighted by Gasteiger charge is 2.46. The van der Waals surface area contributed by atoms with E-state index >= 15 is 0 Å². The molecule has 0 saturated heterocycles. The first kappa shape index (κ1) is 22.4. The highest BCUT2D eigenvalue weighted by atomic mass is 16.3. The van der Waals surface area contributed by atoms with E-state index in [0.717, 1.165) is 12.8 Å². The van der Waals surface area contributed by atoms with Gasteiger partial charge in [-0.3, -0.25) is 4.79 Å². The van der Waals surface area contributed by atoms with Crippen molar-refractivity contribution >= 4 is 5.78 Å². The quantitative estimate of drug-likeness (QED) is 0.580. The van der Waals surface area contributed by atoms with E-state index < -0.39 is 12.0 Å². The van der Waals surface area contributed by atoms with Gasteiger partial charge in [-0.25, -0.2) is 0 Å². The molecule has 4 heteroatoms. The summed E-state index contributed by atoms with van der Waals surface area (Å²) in [5.41, 5.74) is 0. The summed E-state index contributed by atoms with van der Waals surface area (Å²) in [7, 11) is 0. The predicted molar refractivity (Wildman–Crippen MR) is 107 cm³/mol. The zero-order valence-corrected chi connectivity index (χ0v) is 17.3. The molecule has 2 aliphatic carbocycles. The lowest BCUT2D eigenvalue weighted by molar-refractivity contribution is -0.133. The summed E-state index contributed by atoms with van der Waals surface area (Å²) in [6, 6.07) is 2.29. The summed E-state index contributed by atoms with van der Waals surface area (Å²) in [4.78, 5) is 13.1. The van der Waals surface area contributed by atoms with Crippen molar-refractivity contribution in [3.63, 3.8) is 0 Å². The Hall–Kier alpha value is -0.920. The average molecular weight is 378 g/mol. The summed E-state index contributed by atoms with van der Waals surface area (Å²) < 4.78 is 0. The minimum atomic E-state index is -0.713. The van der Waals surface area contributed by atoms with E-state index in [0.29, 0.717) is 36.9 Å². The number of ketones is 1. The molecule has 7 atom stereocenters. The zero-order chi connectivity index (χ0) is 19.8. The number of hydrogen-bond donors (Lipinski definition) is 2. The zero-order valence-electron chi connectivity index (χ0n) is 17.3. The Balaban J connectivity index is 2.13. The molecule has 0 radical (unpaired) electrons. The smallest absolute Gasteiger partial charge is 0.136 e. The first-order chi connectivity index (χ1) is 13.0. The number of nitriles is 1. The van der Waals surface area contributed by atoms with Crippen molar-refractivity contribution in [1.82, 2.24) is 0 Å². The van der Waals surface area contributed by atoms with Crippen molar-refractivity contribution in [2.24, 2.45) is 35.5 Å². The maximum absolute atomic E-state index is 13.1. The average Bonchev–Trinajstić information content (AvgIpc) is 2.66. The van der Waals surface area contributed by atoms with Crippen molar-refractivity contribution in [1.29, 1.82) is 5.26 Å². The Morgan fingerprint density at radius 3 is 2.37 bits per heavy atom. The molecule has 0 aliphatic heterocycles. The van der Waals surface area contributed by atoms with Crippen LogP contribution in [0.4, 0.5) is 0 Å². The van der Waals surface area contributed by atoms with Crippen LogP contribution in [0.15, 0.2) is 0 Å². The number of hydrogen-bond acceptors (Lipinski definition) is 4. The summed E-state index contributed by atoms with van der Waals surface area (Å²) in [5, 5.41) is 29.6. The van der Waals surface area contributed by atoms with Crippen LogP contribution in [-0.4, -0.2) is 28.7 Å². The summed E-state index contributed by atoms with van der Waals surface area (Å²) in [6.07, 6.45) is 10.3. The molecule has 154 valence electrons. The largest absolute Gasteiger partial charge is 0.396 e. The number of rotatable bonds is 9. The number of aliphatic hydroxyl groups is 2. The van der Waals surface area contributed by atoms with Gasteiger partial charge in [0.15, 0.2) is 0 Å². The third-order valence-electron chi connectivity index (χ3n) is 7.19. The fourth-order valence-electron chi connectivity index (χ4n) is 5.60. The van der Waals surface area contributed by atoms with Crippen LogP contribution in [0.25, 0.3) is 0 Å². The molecule has 0 aromatic rings. The second-order valence-corrected chi connectivity index (χ2v) is 9.08. The Kier molecular flexibility index (Phi) is 9.26. The van der Waals surface area contributed by atoms with E-state index in [2.05, 4.69) is 19.9 Å². The van der Waals surface area contributed by atoms with Gasteiger partial charge in [-0.15, -0.1) is 0 Å². The lowest BCUT2D eigenvalue weighted by Crippen LogP contribution is -2.45. The highest BCUT2D eigenvalue weighted by Crippen LogP contribution is 2.46. The van der Waals surface area contributed by atoms with Crippen LogP contribution in [0.3, 0.4) is 0 Å². The third-order valence-corrected chi connectivity index (χ3v) is 7.19. The molecule has 0 amide bonds. The molecule has 6 unspecified atom stereocenters. The SMILES string of the molecule is CCCCCC1CC(=O)C(C2CC(CO)CC(O)C2C#N)C[C@H]1CCCC. The summed E-state index contributed by atoms with van der Waals surface area (Å²) in [6.45, 7) is 4.46. The molecule has 0 aromatic heterocycles. The molecule has 0 spiro atoms. The van der Waals surface area contributed by atoms with Crippen LogP contribution in [0.5, 0.6) is 0 Å². The van der Waals surface area contributed by atoms with Crippen molar-refractivity contribution in [2.45, 2.75) is 90.6 Å². The van der Waals surface area contributed by atoms with Crippen LogP contribution in [-0.2, 0) is 4.79 Å². The fraction of sp³-hybridized carbons (Fsp3) is 0.913. The number of Topliss-reactive ketones (excluding diaryl/α,β-unsaturated/α-hetero) is 1. The third kappa shape index (κ3) is 5.78. The van der Waals surface area contributed by atoms with Crippen LogP contribution < -0.4 is 0 Å². The second-order valence-electron chi connectivity index (χ2n) is 9.08. The van der Waals surface area contributed by atoms with E-state index in [-0.39, 0.29) is 24.4 Å². The Bertz CT molecular complexity index is 500. The van der Waals surface area contributed by atoms with Crippen LogP contribution in [0.1, 0.15) is 84.5 Å². The minimum Gasteiger partial charge on any atom is -0.396 e. The van der Waals surface area contributed by atoms with E-state index in [1.54, 1.807) is 0 Å². The number of carbonyl (C=O) groups excluding carboxylic acids is 1. The molecule has 0 aromatic carbocycles. The van der Waals surface area contributed by atoms with Gasteiger partial charge in [-0.2, -0.15) is 5.26 Å². The Morgan fingerprint density at radius 1 is 1.04 bits per heavy atom. The normalized spacial score (nSPS) is 37.1. The predicted octanol–water partition coefficient (Wildman–Crippen LogP) is 4.49. The maximum Gasteiger partial charge on any atom is 0.136 e. The Morgan fingerprint density at radius 2 is 1.74 bits per heavy atom. The minimum absolute atomic E-state index is 0.0127. The molecule has 0 bridgehead atoms. The maximum atomic E-state index is 13.1. The van der Waals surface area contributed by atoms with Crippen molar-refractivity contribution < 1.29 is 15.0 Å². The van der Waals surface area contributed by atoms with Gasteiger partial charge in [0.1, 0.15) is 5.78 Å². The molecule has 2 rings (SSSR count). The molecule has 2 N–H and O–H groups in total. The topological polar surface area (TPSA) is 81.3 Å². The van der Waals surface area contributed by atoms with Crippen LogP contribution in [0.2, 0.25) is 0 Å². The molecule has 2 aliphatic rings. The van der Waals surface area contributed by atoms with E-state index in [9.17, 15) is 20.3 Å². The lowest BCUT2D eigenvalue weighted by Gasteiger charge is -2.44. The highest BCUT2D eigenvalue weighted by molar-refractivity contribution is 5.82. The van der Waals surface area contributed by atoms with Crippen molar-refractivity contribution in [2.75, 3.05) is 6.61 Å². The van der Waals surface area contributed by atoms with E-state index in [1.807, 2.05) is 0 Å². The van der Waals surface area contributed by atoms with Gasteiger partial charge < -0.3 is 10.2 Å². The summed E-state index contributed by atoms with van der Waals surface area (Å²) in [5.74, 6) is 0.710. The van der Waals surface area contributed by atoms with Gasteiger partial charge in [0.2, 0.25) is 0 Å². The molecule has 27 heavy (non-hydrogen) atoms. The molecule has 0 heterocycles. The standard InChI is InChI=1S/C23H39NO3/c1-3-5-7-9-18-13-23(27)20(12-17(18)8-6-4-2)19-10-16(15-25)11-22(26)21(19)14-24/h16-22,25-26H,3-13,15H2,1-2H3/t16?,17-,18?,19?,20?,21?,22?/m1/s1. The van der Waals surface area contributed by atoms with E-state index in [4.69, 9.17) is 0 Å². The summed E-state index contributed by atoms with van der Waals surface area (Å²) >= 11 is 0. The number of carbonyl (C=O) groups is 1. The van der Waals surface area contributed by atoms with Gasteiger partial charge in [0, 0.05) is 18.9 Å². The number of unbranched alkanes of at least 4 members (excludes halogenated alkanes) is 3. The van der Waals surface area contributed by atoms with Gasteiger partial charge in [-0.05, 0) is 49.4 Å². The van der Waals surface area contributed by atoms with Crippen LogP contribution in [0, 0.1) is 46.8 Å². The molecule has 2 saturated carbocycles. The molecule has 2 fully saturated rings. The van der Waals surface area contributed by atoms with Gasteiger partial charge in [0.25, 0.3) is 0 Å². The van der Waals surface area contributed by atoms with Gasteiger partial charge >= 0.3 is 0 Å². The second kappa shape index (κ2) is 11.2. The van der Waals surface area contributed by atoms with E-state index in [1.165, 1.54) is 38.5 Å². The molecular formula is C23H39NO3. The monoisotopic (exact) mass is 377 g/mol. The Labute approximate surface area is 165 Å². The number of nitrogens with zero attached hydrogens (tertiary/aromatic N) is 1. The van der Waals surface area contributed by atoms with Crippen molar-refractivity contribution in [3.05, 3.63) is 0 Å². The first-order valence-corrected chi connectivity index (χ1v) is 11.3. The van der Waals surface area contributed by atoms with Gasteiger partial charge in [-0.1, -0.05) is 52.4 Å². The fourth-order valence-corrected chi connectivity index (χ4v) is 5.60. The first-order valence-electron chi connectivity index (χ1n) is 11.3. The van der Waals surface area contributed by atoms with Crippen LogP contribution >= 0.6 is 0 Å². The molecule has 4 nitrogen and oxygen atoms in total. The van der Waals surface area contributed by atoms with Gasteiger partial charge in [0.05, 0.1) is 18.1 Å². The number of aliphatic hydroxyl groups excluding tert-OH is 2. The molecular weight excluding hydrogens is 338 g/mol. The lowest BCUT2D eigenvalue weighted by atomic mass is 9.60.